The minimum absolute atomic E-state index is 0.167. The summed E-state index contributed by atoms with van der Waals surface area (Å²) in [5.74, 6) is -0.569. The molecule has 1 N–H and O–H groups in total. The number of hydrogen-bond acceptors (Lipinski definition) is 7. The molecule has 9 nitrogen and oxygen atoms in total. The standard InChI is InChI=1S/C21H16N4O5/c26-18-9-7-14(19(27)23-18)25-15-10-12(6-8-16(15)29-21(25)28)11-17-22-20(30-24-17)13-4-2-1-3-5-13/h1-6,8,10,14H,7,9,11H2,(H,23,26,27). The molecule has 1 aliphatic heterocycles. The van der Waals surface area contributed by atoms with E-state index in [2.05, 4.69) is 15.5 Å². The van der Waals surface area contributed by atoms with Crippen molar-refractivity contribution in [2.24, 2.45) is 0 Å². The van der Waals surface area contributed by atoms with Crippen molar-refractivity contribution in [1.29, 1.82) is 0 Å². The van der Waals surface area contributed by atoms with E-state index in [0.29, 0.717) is 29.2 Å². The summed E-state index contributed by atoms with van der Waals surface area (Å²) >= 11 is 0. The van der Waals surface area contributed by atoms with Crippen molar-refractivity contribution in [3.05, 3.63) is 70.5 Å². The second-order valence-electron chi connectivity index (χ2n) is 7.07. The molecule has 2 aromatic heterocycles. The number of imide groups is 1. The van der Waals surface area contributed by atoms with Crippen LogP contribution in [0.25, 0.3) is 22.6 Å². The van der Waals surface area contributed by atoms with Gasteiger partial charge in [-0.2, -0.15) is 4.98 Å². The van der Waals surface area contributed by atoms with Crippen LogP contribution in [0.3, 0.4) is 0 Å². The summed E-state index contributed by atoms with van der Waals surface area (Å²) in [5, 5.41) is 6.30. The lowest BCUT2D eigenvalue weighted by Crippen LogP contribution is -2.43. The number of nitrogens with zero attached hydrogens (tertiary/aromatic N) is 3. The molecule has 1 aliphatic rings. The number of carbonyl (C=O) groups excluding carboxylic acids is 2. The van der Waals surface area contributed by atoms with Crippen LogP contribution in [0.15, 0.2) is 62.3 Å². The molecule has 1 saturated heterocycles. The van der Waals surface area contributed by atoms with Gasteiger partial charge in [-0.25, -0.2) is 4.79 Å². The van der Waals surface area contributed by atoms with E-state index in [1.165, 1.54) is 4.57 Å². The van der Waals surface area contributed by atoms with Gasteiger partial charge in [-0.3, -0.25) is 19.5 Å². The normalized spacial score (nSPS) is 16.7. The lowest BCUT2D eigenvalue weighted by molar-refractivity contribution is -0.135. The molecule has 1 unspecified atom stereocenters. The predicted octanol–water partition coefficient (Wildman–Crippen LogP) is 2.21. The summed E-state index contributed by atoms with van der Waals surface area (Å²) in [5.41, 5.74) is 2.50. The van der Waals surface area contributed by atoms with Crippen LogP contribution in [0.1, 0.15) is 30.3 Å². The molecule has 1 fully saturated rings. The smallest absolute Gasteiger partial charge is 0.408 e. The molecule has 2 amide bonds. The number of piperidine rings is 1. The Morgan fingerprint density at radius 1 is 1.10 bits per heavy atom. The molecule has 1 atom stereocenters. The number of carbonyl (C=O) groups is 2. The zero-order chi connectivity index (χ0) is 20.7. The first-order valence-corrected chi connectivity index (χ1v) is 9.44. The molecule has 3 heterocycles. The number of amides is 2. The Morgan fingerprint density at radius 2 is 1.93 bits per heavy atom. The van der Waals surface area contributed by atoms with Gasteiger partial charge in [-0.05, 0) is 36.2 Å². The first-order chi connectivity index (χ1) is 14.6. The van der Waals surface area contributed by atoms with Crippen molar-refractivity contribution in [2.45, 2.75) is 25.3 Å². The van der Waals surface area contributed by atoms with Gasteiger partial charge < -0.3 is 8.94 Å². The van der Waals surface area contributed by atoms with Crippen LogP contribution < -0.4 is 11.1 Å². The zero-order valence-corrected chi connectivity index (χ0v) is 15.7. The van der Waals surface area contributed by atoms with E-state index in [1.54, 1.807) is 18.2 Å². The molecule has 30 heavy (non-hydrogen) atoms. The average molecular weight is 404 g/mol. The van der Waals surface area contributed by atoms with Crippen molar-refractivity contribution in [2.75, 3.05) is 0 Å². The fourth-order valence-corrected chi connectivity index (χ4v) is 3.62. The summed E-state index contributed by atoms with van der Waals surface area (Å²) in [7, 11) is 0. The van der Waals surface area contributed by atoms with Gasteiger partial charge >= 0.3 is 5.76 Å². The molecule has 0 saturated carbocycles. The summed E-state index contributed by atoms with van der Waals surface area (Å²) in [6.07, 6.45) is 0.788. The number of oxazole rings is 1. The number of hydrogen-bond donors (Lipinski definition) is 1. The van der Waals surface area contributed by atoms with Crippen LogP contribution in [0.4, 0.5) is 0 Å². The van der Waals surface area contributed by atoms with Gasteiger partial charge in [0, 0.05) is 18.4 Å². The van der Waals surface area contributed by atoms with Gasteiger partial charge in [0.2, 0.25) is 11.8 Å². The van der Waals surface area contributed by atoms with E-state index < -0.39 is 17.7 Å². The van der Waals surface area contributed by atoms with Crippen molar-refractivity contribution < 1.29 is 18.5 Å². The first-order valence-electron chi connectivity index (χ1n) is 9.44. The fourth-order valence-electron chi connectivity index (χ4n) is 3.62. The minimum Gasteiger partial charge on any atom is -0.408 e. The van der Waals surface area contributed by atoms with Crippen LogP contribution >= 0.6 is 0 Å². The third-order valence-electron chi connectivity index (χ3n) is 5.05. The second kappa shape index (κ2) is 7.11. The molecule has 150 valence electrons. The largest absolute Gasteiger partial charge is 0.420 e. The van der Waals surface area contributed by atoms with E-state index in [1.807, 2.05) is 30.3 Å². The Kier molecular flexibility index (Phi) is 4.27. The van der Waals surface area contributed by atoms with Crippen LogP contribution in [0, 0.1) is 0 Å². The van der Waals surface area contributed by atoms with Crippen molar-refractivity contribution in [3.63, 3.8) is 0 Å². The summed E-state index contributed by atoms with van der Waals surface area (Å²) in [4.78, 5) is 40.5. The van der Waals surface area contributed by atoms with E-state index >= 15 is 0 Å². The Balaban J connectivity index is 1.47. The molecular weight excluding hydrogens is 388 g/mol. The Labute approximate surface area is 169 Å². The lowest BCUT2D eigenvalue weighted by Gasteiger charge is -2.21. The Hall–Kier alpha value is -4.01. The highest BCUT2D eigenvalue weighted by Gasteiger charge is 2.31. The Morgan fingerprint density at radius 3 is 2.73 bits per heavy atom. The zero-order valence-electron chi connectivity index (χ0n) is 15.7. The Bertz CT molecular complexity index is 1320. The average Bonchev–Trinajstić information content (AvgIpc) is 3.33. The van der Waals surface area contributed by atoms with Crippen LogP contribution in [-0.2, 0) is 16.0 Å². The third-order valence-corrected chi connectivity index (χ3v) is 5.05. The maximum absolute atomic E-state index is 12.4. The van der Waals surface area contributed by atoms with Gasteiger partial charge in [0.15, 0.2) is 11.4 Å². The number of rotatable bonds is 4. The summed E-state index contributed by atoms with van der Waals surface area (Å²) < 4.78 is 11.9. The van der Waals surface area contributed by atoms with E-state index in [0.717, 1.165) is 11.1 Å². The summed E-state index contributed by atoms with van der Waals surface area (Å²) in [6, 6.07) is 13.9. The lowest BCUT2D eigenvalue weighted by atomic mass is 10.1. The molecular formula is C21H16N4O5. The highest BCUT2D eigenvalue weighted by Crippen LogP contribution is 2.25. The SMILES string of the molecule is O=C1CCC(n2c(=O)oc3ccc(Cc4noc(-c5ccccc5)n4)cc32)C(=O)N1. The molecule has 0 aliphatic carbocycles. The van der Waals surface area contributed by atoms with E-state index in [4.69, 9.17) is 8.94 Å². The molecule has 0 spiro atoms. The molecule has 0 radical (unpaired) electrons. The maximum atomic E-state index is 12.4. The van der Waals surface area contributed by atoms with Gasteiger partial charge in [0.1, 0.15) is 6.04 Å². The first kappa shape index (κ1) is 18.0. The minimum atomic E-state index is -0.790. The van der Waals surface area contributed by atoms with Gasteiger partial charge in [-0.1, -0.05) is 29.4 Å². The van der Waals surface area contributed by atoms with Gasteiger partial charge in [0.25, 0.3) is 5.89 Å². The van der Waals surface area contributed by atoms with Crippen molar-refractivity contribution in [3.8, 4) is 11.5 Å². The molecule has 0 bridgehead atoms. The number of nitrogens with one attached hydrogen (secondary N) is 1. The summed E-state index contributed by atoms with van der Waals surface area (Å²) in [6.45, 7) is 0. The quantitative estimate of drug-likeness (QED) is 0.518. The van der Waals surface area contributed by atoms with Crippen LogP contribution in [0.2, 0.25) is 0 Å². The second-order valence-corrected chi connectivity index (χ2v) is 7.07. The highest BCUT2D eigenvalue weighted by molar-refractivity contribution is 6.00. The van der Waals surface area contributed by atoms with E-state index in [9.17, 15) is 14.4 Å². The van der Waals surface area contributed by atoms with Crippen LogP contribution in [0.5, 0.6) is 0 Å². The van der Waals surface area contributed by atoms with Crippen molar-refractivity contribution >= 4 is 22.9 Å². The highest BCUT2D eigenvalue weighted by atomic mass is 16.5. The van der Waals surface area contributed by atoms with Crippen molar-refractivity contribution in [1.82, 2.24) is 20.0 Å². The monoisotopic (exact) mass is 404 g/mol. The number of fused-ring (bicyclic) bond motifs is 1. The fraction of sp³-hybridized carbons (Fsp3) is 0.190. The number of benzene rings is 2. The molecule has 2 aromatic carbocycles. The predicted molar refractivity (Wildman–Crippen MR) is 104 cm³/mol. The molecule has 4 aromatic rings. The number of aromatic nitrogens is 3. The third kappa shape index (κ3) is 3.20. The van der Waals surface area contributed by atoms with Gasteiger partial charge in [0.05, 0.1) is 5.52 Å². The molecule has 9 heteroatoms. The maximum Gasteiger partial charge on any atom is 0.420 e. The van der Waals surface area contributed by atoms with Gasteiger partial charge in [-0.15, -0.1) is 0 Å². The molecule has 5 rings (SSSR count). The topological polar surface area (TPSA) is 120 Å². The van der Waals surface area contributed by atoms with E-state index in [-0.39, 0.29) is 18.7 Å². The van der Waals surface area contributed by atoms with Crippen LogP contribution in [-0.4, -0.2) is 26.5 Å².